The molecule has 0 spiro atoms. The Morgan fingerprint density at radius 1 is 1.15 bits per heavy atom. The number of hydrogen-bond acceptors (Lipinski definition) is 7. The summed E-state index contributed by atoms with van der Waals surface area (Å²) in [5.41, 5.74) is 0.916. The van der Waals surface area contributed by atoms with Gasteiger partial charge in [-0.3, -0.25) is 9.36 Å². The molecule has 2 aromatic rings. The van der Waals surface area contributed by atoms with E-state index >= 15 is 0 Å². The van der Waals surface area contributed by atoms with Crippen molar-refractivity contribution in [2.24, 2.45) is 5.92 Å². The van der Waals surface area contributed by atoms with Gasteiger partial charge in [-0.1, -0.05) is 0 Å². The quantitative estimate of drug-likeness (QED) is 0.576. The van der Waals surface area contributed by atoms with Crippen LogP contribution in [0.3, 0.4) is 0 Å². The molecule has 0 bridgehead atoms. The zero-order chi connectivity index (χ0) is 23.8. The SMILES string of the molecule is O=C(O)C1CCC(Nc2ncc3nc(NC4C(F)=CC(F)=CC4F)n([C@@H]4CCOC4)c3n2)CC1. The van der Waals surface area contributed by atoms with Crippen molar-refractivity contribution in [2.45, 2.75) is 56.4 Å². The summed E-state index contributed by atoms with van der Waals surface area (Å²) < 4.78 is 49.4. The molecule has 0 amide bonds. The van der Waals surface area contributed by atoms with E-state index in [0.717, 1.165) is 0 Å². The molecule has 9 nitrogen and oxygen atoms in total. The minimum absolute atomic E-state index is 0.0484. The maximum absolute atomic E-state index is 14.4. The number of anilines is 2. The highest BCUT2D eigenvalue weighted by atomic mass is 19.2. The van der Waals surface area contributed by atoms with Gasteiger partial charge < -0.3 is 20.5 Å². The topological polar surface area (TPSA) is 114 Å². The number of alkyl halides is 1. The summed E-state index contributed by atoms with van der Waals surface area (Å²) in [5, 5.41) is 15.2. The van der Waals surface area contributed by atoms with E-state index < -0.39 is 29.8 Å². The van der Waals surface area contributed by atoms with Crippen LogP contribution in [-0.4, -0.2) is 62.1 Å². The summed E-state index contributed by atoms with van der Waals surface area (Å²) in [6.07, 6.45) is 4.22. The molecule has 3 atom stereocenters. The van der Waals surface area contributed by atoms with Gasteiger partial charge in [0.05, 0.1) is 24.8 Å². The molecule has 2 unspecified atom stereocenters. The van der Waals surface area contributed by atoms with Crippen LogP contribution in [0.5, 0.6) is 0 Å². The lowest BCUT2D eigenvalue weighted by Crippen LogP contribution is -2.33. The Hall–Kier alpha value is -3.15. The van der Waals surface area contributed by atoms with E-state index in [2.05, 4.69) is 25.6 Å². The average molecular weight is 478 g/mol. The number of nitrogens with zero attached hydrogens (tertiary/aromatic N) is 4. The van der Waals surface area contributed by atoms with Crippen LogP contribution in [-0.2, 0) is 9.53 Å². The number of halogens is 3. The predicted octanol–water partition coefficient (Wildman–Crippen LogP) is 3.68. The van der Waals surface area contributed by atoms with E-state index in [1.165, 1.54) is 6.20 Å². The third-order valence-corrected chi connectivity index (χ3v) is 6.61. The summed E-state index contributed by atoms with van der Waals surface area (Å²) in [7, 11) is 0. The number of hydrogen-bond donors (Lipinski definition) is 3. The van der Waals surface area contributed by atoms with Gasteiger partial charge in [0, 0.05) is 18.7 Å². The lowest BCUT2D eigenvalue weighted by molar-refractivity contribution is -0.142. The summed E-state index contributed by atoms with van der Waals surface area (Å²) >= 11 is 0. The second-order valence-electron chi connectivity index (χ2n) is 8.90. The van der Waals surface area contributed by atoms with Crippen molar-refractivity contribution in [1.82, 2.24) is 19.5 Å². The van der Waals surface area contributed by atoms with E-state index in [9.17, 15) is 23.1 Å². The van der Waals surface area contributed by atoms with E-state index in [1.807, 2.05) is 0 Å². The fourth-order valence-corrected chi connectivity index (χ4v) is 4.76. The molecule has 2 aliphatic carbocycles. The first-order valence-electron chi connectivity index (χ1n) is 11.4. The van der Waals surface area contributed by atoms with Gasteiger partial charge in [-0.25, -0.2) is 23.1 Å². The lowest BCUT2D eigenvalue weighted by atomic mass is 9.86. The molecule has 1 saturated carbocycles. The van der Waals surface area contributed by atoms with Crippen LogP contribution in [0.25, 0.3) is 11.2 Å². The second kappa shape index (κ2) is 9.24. The van der Waals surface area contributed by atoms with Crippen LogP contribution in [0.15, 0.2) is 30.0 Å². The maximum atomic E-state index is 14.4. The normalized spacial score (nSPS) is 29.6. The highest BCUT2D eigenvalue weighted by Gasteiger charge is 2.32. The average Bonchev–Trinajstić information content (AvgIpc) is 3.43. The number of allylic oxidation sites excluding steroid dienone is 2. The number of carboxylic acids is 1. The number of imidazole rings is 1. The van der Waals surface area contributed by atoms with Crippen molar-refractivity contribution in [1.29, 1.82) is 0 Å². The lowest BCUT2D eigenvalue weighted by Gasteiger charge is -2.26. The molecule has 182 valence electrons. The summed E-state index contributed by atoms with van der Waals surface area (Å²) in [5.74, 6) is -2.44. The predicted molar refractivity (Wildman–Crippen MR) is 117 cm³/mol. The Balaban J connectivity index is 1.42. The molecule has 2 fully saturated rings. The molecule has 0 aromatic carbocycles. The van der Waals surface area contributed by atoms with Crippen LogP contribution < -0.4 is 10.6 Å². The van der Waals surface area contributed by atoms with Gasteiger partial charge in [-0.05, 0) is 38.2 Å². The van der Waals surface area contributed by atoms with Crippen LogP contribution in [0.1, 0.15) is 38.1 Å². The first kappa shape index (κ1) is 22.6. The zero-order valence-corrected chi connectivity index (χ0v) is 18.3. The third kappa shape index (κ3) is 4.46. The highest BCUT2D eigenvalue weighted by Crippen LogP contribution is 2.32. The van der Waals surface area contributed by atoms with Crippen molar-refractivity contribution in [2.75, 3.05) is 23.8 Å². The Morgan fingerprint density at radius 2 is 1.94 bits per heavy atom. The fourth-order valence-electron chi connectivity index (χ4n) is 4.76. The minimum Gasteiger partial charge on any atom is -0.481 e. The smallest absolute Gasteiger partial charge is 0.306 e. The molecule has 3 heterocycles. The van der Waals surface area contributed by atoms with Gasteiger partial charge in [0.15, 0.2) is 5.65 Å². The Bertz CT molecular complexity index is 1140. The van der Waals surface area contributed by atoms with Gasteiger partial charge in [0.2, 0.25) is 11.9 Å². The summed E-state index contributed by atoms with van der Waals surface area (Å²) in [6.45, 7) is 0.923. The second-order valence-corrected chi connectivity index (χ2v) is 8.90. The van der Waals surface area contributed by atoms with E-state index in [4.69, 9.17) is 4.74 Å². The third-order valence-electron chi connectivity index (χ3n) is 6.61. The summed E-state index contributed by atoms with van der Waals surface area (Å²) in [6, 6.07) is -1.51. The van der Waals surface area contributed by atoms with E-state index in [1.54, 1.807) is 4.57 Å². The molecule has 34 heavy (non-hydrogen) atoms. The van der Waals surface area contributed by atoms with Crippen LogP contribution in [0.4, 0.5) is 25.1 Å². The van der Waals surface area contributed by atoms with Crippen LogP contribution in [0, 0.1) is 5.92 Å². The van der Waals surface area contributed by atoms with Gasteiger partial charge in [-0.2, -0.15) is 4.98 Å². The zero-order valence-electron chi connectivity index (χ0n) is 18.3. The number of aliphatic carboxylic acids is 1. The number of carbonyl (C=O) groups is 1. The maximum Gasteiger partial charge on any atom is 0.306 e. The van der Waals surface area contributed by atoms with Crippen molar-refractivity contribution in [3.8, 4) is 0 Å². The van der Waals surface area contributed by atoms with Gasteiger partial charge >= 0.3 is 5.97 Å². The number of ether oxygens (including phenoxy) is 1. The monoisotopic (exact) mass is 478 g/mol. The van der Waals surface area contributed by atoms with Crippen LogP contribution >= 0.6 is 0 Å². The first-order valence-corrected chi connectivity index (χ1v) is 11.4. The molecule has 12 heteroatoms. The first-order chi connectivity index (χ1) is 16.4. The molecule has 1 saturated heterocycles. The molecular formula is C22H25F3N6O3. The largest absolute Gasteiger partial charge is 0.481 e. The number of nitrogens with one attached hydrogen (secondary N) is 2. The van der Waals surface area contributed by atoms with Gasteiger partial charge in [-0.15, -0.1) is 0 Å². The standard InChI is InChI=1S/C22H25F3N6O3/c23-12-7-15(24)18(16(25)8-12)29-22-28-17-9-26-21(27-13-3-1-11(2-4-13)20(32)33)30-19(17)31(22)14-5-6-34-10-14/h7-9,11,13-15,18H,1-6,10H2,(H,28,29)(H,32,33)(H,26,27,30)/t11?,13?,14-,15?,18?/m1/s1. The Labute approximate surface area is 193 Å². The Morgan fingerprint density at radius 3 is 2.62 bits per heavy atom. The molecule has 5 rings (SSSR count). The number of fused-ring (bicyclic) bond motifs is 1. The van der Waals surface area contributed by atoms with Crippen molar-refractivity contribution < 1.29 is 27.8 Å². The number of carboxylic acid groups (broad SMARTS) is 1. The number of aromatic nitrogens is 4. The molecular weight excluding hydrogens is 453 g/mol. The van der Waals surface area contributed by atoms with E-state index in [-0.39, 0.29) is 23.9 Å². The van der Waals surface area contributed by atoms with Crippen molar-refractivity contribution in [3.05, 3.63) is 30.0 Å². The molecule has 3 N–H and O–H groups in total. The minimum atomic E-state index is -1.90. The van der Waals surface area contributed by atoms with E-state index in [0.29, 0.717) is 74.6 Å². The molecule has 1 aliphatic heterocycles. The highest BCUT2D eigenvalue weighted by molar-refractivity contribution is 5.75. The van der Waals surface area contributed by atoms with Gasteiger partial charge in [0.25, 0.3) is 0 Å². The Kier molecular flexibility index (Phi) is 6.15. The van der Waals surface area contributed by atoms with Crippen LogP contribution in [0.2, 0.25) is 0 Å². The van der Waals surface area contributed by atoms with Gasteiger partial charge in [0.1, 0.15) is 29.4 Å². The molecule has 0 radical (unpaired) electrons. The van der Waals surface area contributed by atoms with Crippen molar-refractivity contribution >= 4 is 29.0 Å². The van der Waals surface area contributed by atoms with Crippen molar-refractivity contribution in [3.63, 3.8) is 0 Å². The molecule has 3 aliphatic rings. The number of rotatable bonds is 6. The fraction of sp³-hybridized carbons (Fsp3) is 0.545. The summed E-state index contributed by atoms with van der Waals surface area (Å²) in [4.78, 5) is 24.6. The molecule has 2 aromatic heterocycles.